The zero-order valence-electron chi connectivity index (χ0n) is 9.77. The SMILES string of the molecule is CC(=O)c1ccc(N2CCNC(=O)CC2)cn1. The van der Waals surface area contributed by atoms with Crippen molar-refractivity contribution in [1.82, 2.24) is 10.3 Å². The van der Waals surface area contributed by atoms with Crippen LogP contribution in [0.1, 0.15) is 23.8 Å². The number of aromatic nitrogens is 1. The first-order chi connectivity index (χ1) is 8.16. The van der Waals surface area contributed by atoms with Gasteiger partial charge in [0.05, 0.1) is 11.9 Å². The van der Waals surface area contributed by atoms with Crippen molar-refractivity contribution in [3.63, 3.8) is 0 Å². The zero-order valence-corrected chi connectivity index (χ0v) is 9.77. The van der Waals surface area contributed by atoms with Crippen LogP contribution in [0.15, 0.2) is 18.3 Å². The number of rotatable bonds is 2. The lowest BCUT2D eigenvalue weighted by atomic mass is 10.2. The number of Topliss-reactive ketones (excluding diaryl/α,β-unsaturated/α-hetero) is 1. The molecule has 2 heterocycles. The molecule has 1 aromatic rings. The van der Waals surface area contributed by atoms with Crippen LogP contribution in [-0.2, 0) is 4.79 Å². The van der Waals surface area contributed by atoms with Crippen LogP contribution >= 0.6 is 0 Å². The molecule has 0 spiro atoms. The van der Waals surface area contributed by atoms with Gasteiger partial charge in [-0.1, -0.05) is 0 Å². The molecule has 1 aromatic heterocycles. The summed E-state index contributed by atoms with van der Waals surface area (Å²) in [5.41, 5.74) is 1.42. The van der Waals surface area contributed by atoms with Crippen molar-refractivity contribution in [3.05, 3.63) is 24.0 Å². The van der Waals surface area contributed by atoms with Crippen molar-refractivity contribution >= 4 is 17.4 Å². The molecule has 0 aliphatic carbocycles. The molecule has 0 aromatic carbocycles. The van der Waals surface area contributed by atoms with Crippen molar-refractivity contribution in [3.8, 4) is 0 Å². The molecule has 0 bridgehead atoms. The number of amides is 1. The van der Waals surface area contributed by atoms with E-state index in [0.29, 0.717) is 25.2 Å². The van der Waals surface area contributed by atoms with Gasteiger partial charge in [0.1, 0.15) is 5.69 Å². The molecule has 0 radical (unpaired) electrons. The largest absolute Gasteiger partial charge is 0.368 e. The second kappa shape index (κ2) is 4.95. The smallest absolute Gasteiger partial charge is 0.221 e. The van der Waals surface area contributed by atoms with Gasteiger partial charge in [0, 0.05) is 33.0 Å². The first kappa shape index (κ1) is 11.6. The first-order valence-electron chi connectivity index (χ1n) is 5.65. The number of hydrogen-bond donors (Lipinski definition) is 1. The minimum atomic E-state index is -0.0377. The fourth-order valence-electron chi connectivity index (χ4n) is 1.81. The van der Waals surface area contributed by atoms with Gasteiger partial charge in [0.25, 0.3) is 0 Å². The Labute approximate surface area is 99.8 Å². The third-order valence-electron chi connectivity index (χ3n) is 2.79. The van der Waals surface area contributed by atoms with Crippen LogP contribution in [0.3, 0.4) is 0 Å². The fraction of sp³-hybridized carbons (Fsp3) is 0.417. The molecule has 90 valence electrons. The molecule has 1 amide bonds. The lowest BCUT2D eigenvalue weighted by Crippen LogP contribution is -2.28. The first-order valence-corrected chi connectivity index (χ1v) is 5.65. The van der Waals surface area contributed by atoms with Crippen LogP contribution in [-0.4, -0.2) is 36.3 Å². The van der Waals surface area contributed by atoms with Crippen molar-refractivity contribution in [2.75, 3.05) is 24.5 Å². The summed E-state index contributed by atoms with van der Waals surface area (Å²) in [5, 5.41) is 2.82. The quantitative estimate of drug-likeness (QED) is 0.760. The number of pyridine rings is 1. The summed E-state index contributed by atoms with van der Waals surface area (Å²) >= 11 is 0. The van der Waals surface area contributed by atoms with Gasteiger partial charge in [-0.3, -0.25) is 14.6 Å². The molecule has 2 rings (SSSR count). The molecular weight excluding hydrogens is 218 g/mol. The Morgan fingerprint density at radius 1 is 1.41 bits per heavy atom. The molecule has 1 aliphatic rings. The van der Waals surface area contributed by atoms with E-state index in [1.54, 1.807) is 12.3 Å². The Morgan fingerprint density at radius 2 is 2.24 bits per heavy atom. The van der Waals surface area contributed by atoms with E-state index in [0.717, 1.165) is 12.2 Å². The van der Waals surface area contributed by atoms with E-state index in [2.05, 4.69) is 15.2 Å². The van der Waals surface area contributed by atoms with Crippen LogP contribution in [0, 0.1) is 0 Å². The molecular formula is C12H15N3O2. The highest BCUT2D eigenvalue weighted by atomic mass is 16.1. The third-order valence-corrected chi connectivity index (χ3v) is 2.79. The fourth-order valence-corrected chi connectivity index (χ4v) is 1.81. The van der Waals surface area contributed by atoms with E-state index < -0.39 is 0 Å². The van der Waals surface area contributed by atoms with Gasteiger partial charge in [0.2, 0.25) is 5.91 Å². The number of carbonyl (C=O) groups is 2. The summed E-state index contributed by atoms with van der Waals surface area (Å²) < 4.78 is 0. The predicted octanol–water partition coefficient (Wildman–Crippen LogP) is 0.610. The van der Waals surface area contributed by atoms with Crippen molar-refractivity contribution in [1.29, 1.82) is 0 Å². The molecule has 0 atom stereocenters. The second-order valence-corrected chi connectivity index (χ2v) is 4.04. The summed E-state index contributed by atoms with van der Waals surface area (Å²) in [4.78, 5) is 28.5. The monoisotopic (exact) mass is 233 g/mol. The number of carbonyl (C=O) groups excluding carboxylic acids is 2. The van der Waals surface area contributed by atoms with Gasteiger partial charge in [-0.05, 0) is 12.1 Å². The van der Waals surface area contributed by atoms with E-state index >= 15 is 0 Å². The van der Waals surface area contributed by atoms with Gasteiger partial charge in [-0.25, -0.2) is 0 Å². The summed E-state index contributed by atoms with van der Waals surface area (Å²) in [5.74, 6) is 0.0464. The normalized spacial score (nSPS) is 16.3. The number of ketones is 1. The van der Waals surface area contributed by atoms with E-state index in [1.807, 2.05) is 6.07 Å². The van der Waals surface area contributed by atoms with E-state index in [9.17, 15) is 9.59 Å². The Balaban J connectivity index is 2.11. The average molecular weight is 233 g/mol. The molecule has 1 fully saturated rings. The highest BCUT2D eigenvalue weighted by molar-refractivity contribution is 5.92. The van der Waals surface area contributed by atoms with Crippen LogP contribution in [0.5, 0.6) is 0 Å². The lowest BCUT2D eigenvalue weighted by Gasteiger charge is -2.21. The number of nitrogens with one attached hydrogen (secondary N) is 1. The average Bonchev–Trinajstić information content (AvgIpc) is 2.54. The lowest BCUT2D eigenvalue weighted by molar-refractivity contribution is -0.120. The molecule has 1 N–H and O–H groups in total. The minimum Gasteiger partial charge on any atom is -0.368 e. The van der Waals surface area contributed by atoms with Crippen LogP contribution < -0.4 is 10.2 Å². The van der Waals surface area contributed by atoms with Gasteiger partial charge in [-0.2, -0.15) is 0 Å². The van der Waals surface area contributed by atoms with Crippen LogP contribution in [0.2, 0.25) is 0 Å². The Hall–Kier alpha value is -1.91. The van der Waals surface area contributed by atoms with E-state index in [1.165, 1.54) is 6.92 Å². The Bertz CT molecular complexity index is 428. The summed E-state index contributed by atoms with van der Waals surface area (Å²) in [6.07, 6.45) is 2.18. The van der Waals surface area contributed by atoms with Gasteiger partial charge < -0.3 is 10.2 Å². The highest BCUT2D eigenvalue weighted by Crippen LogP contribution is 2.14. The van der Waals surface area contributed by atoms with Gasteiger partial charge in [-0.15, -0.1) is 0 Å². The maximum Gasteiger partial charge on any atom is 0.221 e. The van der Waals surface area contributed by atoms with Crippen LogP contribution in [0.25, 0.3) is 0 Å². The van der Waals surface area contributed by atoms with Gasteiger partial charge >= 0.3 is 0 Å². The summed E-state index contributed by atoms with van der Waals surface area (Å²) in [6.45, 7) is 3.60. The Kier molecular flexibility index (Phi) is 3.37. The number of hydrogen-bond acceptors (Lipinski definition) is 4. The predicted molar refractivity (Wildman–Crippen MR) is 64.1 cm³/mol. The summed E-state index contributed by atoms with van der Waals surface area (Å²) in [6, 6.07) is 3.59. The standard InChI is InChI=1S/C12H15N3O2/c1-9(16)11-3-2-10(8-14-11)15-6-4-12(17)13-5-7-15/h2-3,8H,4-7H2,1H3,(H,13,17). The summed E-state index contributed by atoms with van der Waals surface area (Å²) in [7, 11) is 0. The molecule has 0 saturated carbocycles. The highest BCUT2D eigenvalue weighted by Gasteiger charge is 2.14. The molecule has 5 nitrogen and oxygen atoms in total. The van der Waals surface area contributed by atoms with Crippen LogP contribution in [0.4, 0.5) is 5.69 Å². The van der Waals surface area contributed by atoms with E-state index in [-0.39, 0.29) is 11.7 Å². The van der Waals surface area contributed by atoms with Gasteiger partial charge in [0.15, 0.2) is 5.78 Å². The van der Waals surface area contributed by atoms with Crippen molar-refractivity contribution in [2.45, 2.75) is 13.3 Å². The molecule has 0 unspecified atom stereocenters. The number of nitrogens with zero attached hydrogens (tertiary/aromatic N) is 2. The van der Waals surface area contributed by atoms with Crippen molar-refractivity contribution < 1.29 is 9.59 Å². The zero-order chi connectivity index (χ0) is 12.3. The number of anilines is 1. The second-order valence-electron chi connectivity index (χ2n) is 4.04. The topological polar surface area (TPSA) is 62.3 Å². The molecule has 5 heteroatoms. The molecule has 1 saturated heterocycles. The third kappa shape index (κ3) is 2.81. The van der Waals surface area contributed by atoms with Crippen molar-refractivity contribution in [2.24, 2.45) is 0 Å². The maximum atomic E-state index is 11.2. The molecule has 1 aliphatic heterocycles. The Morgan fingerprint density at radius 3 is 2.88 bits per heavy atom. The maximum absolute atomic E-state index is 11.2. The van der Waals surface area contributed by atoms with E-state index in [4.69, 9.17) is 0 Å². The molecule has 17 heavy (non-hydrogen) atoms. The minimum absolute atomic E-state index is 0.0377.